The Balaban J connectivity index is 1.90. The van der Waals surface area contributed by atoms with E-state index in [4.69, 9.17) is 0 Å². The van der Waals surface area contributed by atoms with Gasteiger partial charge in [0.05, 0.1) is 4.92 Å². The van der Waals surface area contributed by atoms with Crippen LogP contribution in [0.5, 0.6) is 0 Å². The average Bonchev–Trinajstić information content (AvgIpc) is 2.62. The molecule has 0 saturated heterocycles. The molecular formula is C21H18N2O3. The maximum absolute atomic E-state index is 12.8. The molecule has 5 nitrogen and oxygen atoms in total. The van der Waals surface area contributed by atoms with Gasteiger partial charge in [0.2, 0.25) is 0 Å². The molecule has 0 spiro atoms. The molecule has 0 radical (unpaired) electrons. The van der Waals surface area contributed by atoms with Crippen molar-refractivity contribution in [1.29, 1.82) is 0 Å². The van der Waals surface area contributed by atoms with E-state index in [1.807, 2.05) is 44.2 Å². The summed E-state index contributed by atoms with van der Waals surface area (Å²) in [7, 11) is 0. The summed E-state index contributed by atoms with van der Waals surface area (Å²) in [5, 5.41) is 14.2. The lowest BCUT2D eigenvalue weighted by atomic mass is 9.96. The molecule has 130 valence electrons. The Hall–Kier alpha value is -3.47. The summed E-state index contributed by atoms with van der Waals surface area (Å²) in [5.41, 5.74) is 4.14. The number of carbonyl (C=O) groups excluding carboxylic acids is 1. The van der Waals surface area contributed by atoms with E-state index in [-0.39, 0.29) is 11.5 Å². The molecule has 5 heteroatoms. The van der Waals surface area contributed by atoms with Gasteiger partial charge in [0, 0.05) is 22.9 Å². The fourth-order valence-corrected chi connectivity index (χ4v) is 2.86. The second kappa shape index (κ2) is 7.19. The number of carbonyl (C=O) groups is 1. The first kappa shape index (κ1) is 17.4. The van der Waals surface area contributed by atoms with Gasteiger partial charge in [0.1, 0.15) is 5.69 Å². The molecule has 1 N–H and O–H groups in total. The summed E-state index contributed by atoms with van der Waals surface area (Å²) in [6, 6.07) is 19.3. The summed E-state index contributed by atoms with van der Waals surface area (Å²) in [6.07, 6.45) is 0. The normalized spacial score (nSPS) is 10.4. The Morgan fingerprint density at radius 3 is 2.23 bits per heavy atom. The second-order valence-corrected chi connectivity index (χ2v) is 6.07. The topological polar surface area (TPSA) is 72.2 Å². The van der Waals surface area contributed by atoms with E-state index in [1.54, 1.807) is 30.3 Å². The molecule has 3 rings (SSSR count). The molecule has 0 unspecified atom stereocenters. The van der Waals surface area contributed by atoms with Gasteiger partial charge < -0.3 is 5.32 Å². The molecule has 0 aliphatic rings. The van der Waals surface area contributed by atoms with Crippen LogP contribution in [0.15, 0.2) is 66.7 Å². The van der Waals surface area contributed by atoms with E-state index in [2.05, 4.69) is 5.32 Å². The van der Waals surface area contributed by atoms with Crippen LogP contribution in [0.4, 0.5) is 17.1 Å². The smallest absolute Gasteiger partial charge is 0.292 e. The zero-order chi connectivity index (χ0) is 18.7. The third-order valence-electron chi connectivity index (χ3n) is 4.24. The number of ketones is 1. The molecule has 0 aliphatic carbocycles. The Morgan fingerprint density at radius 1 is 0.885 bits per heavy atom. The highest BCUT2D eigenvalue weighted by Crippen LogP contribution is 2.28. The van der Waals surface area contributed by atoms with Crippen molar-refractivity contribution >= 4 is 22.8 Å². The number of nitrogens with zero attached hydrogens (tertiary/aromatic N) is 1. The van der Waals surface area contributed by atoms with Crippen molar-refractivity contribution in [1.82, 2.24) is 0 Å². The summed E-state index contributed by atoms with van der Waals surface area (Å²) < 4.78 is 0. The van der Waals surface area contributed by atoms with Crippen LogP contribution in [0.2, 0.25) is 0 Å². The van der Waals surface area contributed by atoms with E-state index in [1.165, 1.54) is 6.07 Å². The number of hydrogen-bond donors (Lipinski definition) is 1. The first-order valence-electron chi connectivity index (χ1n) is 8.19. The maximum Gasteiger partial charge on any atom is 0.292 e. The van der Waals surface area contributed by atoms with Crippen molar-refractivity contribution in [3.8, 4) is 0 Å². The minimum Gasteiger partial charge on any atom is -0.350 e. The van der Waals surface area contributed by atoms with Gasteiger partial charge in [-0.1, -0.05) is 36.4 Å². The number of nitro groups is 1. The van der Waals surface area contributed by atoms with E-state index in [0.29, 0.717) is 22.5 Å². The molecule has 0 aliphatic heterocycles. The zero-order valence-electron chi connectivity index (χ0n) is 14.5. The first-order valence-corrected chi connectivity index (χ1v) is 8.19. The van der Waals surface area contributed by atoms with Gasteiger partial charge in [0.15, 0.2) is 5.78 Å². The lowest BCUT2D eigenvalue weighted by molar-refractivity contribution is -0.383. The standard InChI is InChI=1S/C21H18N2O3/c1-14-7-3-4-8-17(14)21(24)18-12-11-16(13-15(18)2)22-19-9-5-6-10-20(19)23(25)26/h3-13,22H,1-2H3. The van der Waals surface area contributed by atoms with Gasteiger partial charge in [-0.05, 0) is 49.2 Å². The average molecular weight is 346 g/mol. The number of benzene rings is 3. The van der Waals surface area contributed by atoms with Crippen LogP contribution < -0.4 is 5.32 Å². The fraction of sp³-hybridized carbons (Fsp3) is 0.0952. The number of nitro benzene ring substituents is 1. The van der Waals surface area contributed by atoms with Gasteiger partial charge in [-0.15, -0.1) is 0 Å². The second-order valence-electron chi connectivity index (χ2n) is 6.07. The van der Waals surface area contributed by atoms with E-state index in [0.717, 1.165) is 11.1 Å². The minimum atomic E-state index is -0.425. The van der Waals surface area contributed by atoms with Crippen LogP contribution in [0, 0.1) is 24.0 Å². The van der Waals surface area contributed by atoms with Crippen molar-refractivity contribution in [3.63, 3.8) is 0 Å². The number of aryl methyl sites for hydroxylation is 2. The summed E-state index contributed by atoms with van der Waals surface area (Å²) in [6.45, 7) is 3.77. The zero-order valence-corrected chi connectivity index (χ0v) is 14.5. The van der Waals surface area contributed by atoms with Gasteiger partial charge in [-0.2, -0.15) is 0 Å². The van der Waals surface area contributed by atoms with Crippen LogP contribution in [-0.2, 0) is 0 Å². The Morgan fingerprint density at radius 2 is 1.54 bits per heavy atom. The SMILES string of the molecule is Cc1ccccc1C(=O)c1ccc(Nc2ccccc2[N+](=O)[O-])cc1C. The predicted molar refractivity (Wildman–Crippen MR) is 102 cm³/mol. The van der Waals surface area contributed by atoms with Gasteiger partial charge >= 0.3 is 0 Å². The molecule has 0 aromatic heterocycles. The molecule has 26 heavy (non-hydrogen) atoms. The molecule has 0 bridgehead atoms. The van der Waals surface area contributed by atoms with E-state index < -0.39 is 4.92 Å². The summed E-state index contributed by atoms with van der Waals surface area (Å²) in [4.78, 5) is 23.5. The quantitative estimate of drug-likeness (QED) is 0.392. The minimum absolute atomic E-state index is 0.00483. The monoisotopic (exact) mass is 346 g/mol. The fourth-order valence-electron chi connectivity index (χ4n) is 2.86. The highest BCUT2D eigenvalue weighted by Gasteiger charge is 2.16. The highest BCUT2D eigenvalue weighted by molar-refractivity contribution is 6.11. The van der Waals surface area contributed by atoms with Gasteiger partial charge in [-0.25, -0.2) is 0 Å². The molecule has 0 atom stereocenters. The van der Waals surface area contributed by atoms with Gasteiger partial charge in [0.25, 0.3) is 5.69 Å². The maximum atomic E-state index is 12.8. The number of hydrogen-bond acceptors (Lipinski definition) is 4. The van der Waals surface area contributed by atoms with Crippen LogP contribution in [-0.4, -0.2) is 10.7 Å². The third-order valence-corrected chi connectivity index (χ3v) is 4.24. The van der Waals surface area contributed by atoms with Crippen LogP contribution in [0.25, 0.3) is 0 Å². The Kier molecular flexibility index (Phi) is 4.80. The highest BCUT2D eigenvalue weighted by atomic mass is 16.6. The largest absolute Gasteiger partial charge is 0.350 e. The number of nitrogens with one attached hydrogen (secondary N) is 1. The van der Waals surface area contributed by atoms with Crippen molar-refractivity contribution in [2.75, 3.05) is 5.32 Å². The van der Waals surface area contributed by atoms with Crippen molar-refractivity contribution in [3.05, 3.63) is 99.1 Å². The van der Waals surface area contributed by atoms with E-state index >= 15 is 0 Å². The van der Waals surface area contributed by atoms with Crippen molar-refractivity contribution in [2.24, 2.45) is 0 Å². The van der Waals surface area contributed by atoms with Crippen molar-refractivity contribution in [2.45, 2.75) is 13.8 Å². The molecule has 0 amide bonds. The molecule has 0 heterocycles. The lowest BCUT2D eigenvalue weighted by Gasteiger charge is -2.11. The van der Waals surface area contributed by atoms with Crippen molar-refractivity contribution < 1.29 is 9.72 Å². The molecular weight excluding hydrogens is 328 g/mol. The van der Waals surface area contributed by atoms with E-state index in [9.17, 15) is 14.9 Å². The Bertz CT molecular complexity index is 996. The number of rotatable bonds is 5. The lowest BCUT2D eigenvalue weighted by Crippen LogP contribution is -2.06. The van der Waals surface area contributed by atoms with Crippen LogP contribution in [0.1, 0.15) is 27.0 Å². The molecule has 0 fully saturated rings. The predicted octanol–water partition coefficient (Wildman–Crippen LogP) is 5.19. The third kappa shape index (κ3) is 3.47. The summed E-state index contributed by atoms with van der Waals surface area (Å²) in [5.74, 6) is -0.0298. The van der Waals surface area contributed by atoms with Crippen LogP contribution >= 0.6 is 0 Å². The number of para-hydroxylation sites is 2. The first-order chi connectivity index (χ1) is 12.5. The Labute approximate surface area is 151 Å². The molecule has 3 aromatic carbocycles. The van der Waals surface area contributed by atoms with Gasteiger partial charge in [-0.3, -0.25) is 14.9 Å². The summed E-state index contributed by atoms with van der Waals surface area (Å²) >= 11 is 0. The molecule has 3 aromatic rings. The molecule has 0 saturated carbocycles. The van der Waals surface area contributed by atoms with Crippen LogP contribution in [0.3, 0.4) is 0 Å². The number of anilines is 2.